The van der Waals surface area contributed by atoms with Gasteiger partial charge >= 0.3 is 16.0 Å². The van der Waals surface area contributed by atoms with Crippen LogP contribution in [0.4, 0.5) is 0 Å². The summed E-state index contributed by atoms with van der Waals surface area (Å²) in [6.07, 6.45) is 0.455. The van der Waals surface area contributed by atoms with Crippen molar-refractivity contribution >= 4 is 31.9 Å². The molecule has 74 valence electrons. The lowest BCUT2D eigenvalue weighted by Crippen LogP contribution is -1.99. The smallest absolute Gasteiger partial charge is 0.306 e. The average molecular weight is 259 g/mol. The first-order chi connectivity index (χ1) is 5.72. The minimum atomic E-state index is -0.568. The summed E-state index contributed by atoms with van der Waals surface area (Å²) in [4.78, 5) is 10.2. The lowest BCUT2D eigenvalue weighted by atomic mass is 10.5. The third-order valence-electron chi connectivity index (χ3n) is 0.762. The van der Waals surface area contributed by atoms with Gasteiger partial charge in [0, 0.05) is 19.5 Å². The highest BCUT2D eigenvalue weighted by atomic mass is 79.9. The maximum Gasteiger partial charge on any atom is 0.306 e. The van der Waals surface area contributed by atoms with E-state index in [1.807, 2.05) is 0 Å². The van der Waals surface area contributed by atoms with Gasteiger partial charge in [0.05, 0.1) is 13.5 Å². The Labute approximate surface area is 83.8 Å². The minimum absolute atomic E-state index is 0.170. The van der Waals surface area contributed by atoms with Crippen molar-refractivity contribution < 1.29 is 18.4 Å². The number of carbonyl (C=O) groups is 1. The Morgan fingerprint density at radius 1 is 1.33 bits per heavy atom. The van der Waals surface area contributed by atoms with Crippen LogP contribution in [0.1, 0.15) is 6.42 Å². The van der Waals surface area contributed by atoms with Crippen molar-refractivity contribution in [2.45, 2.75) is 6.42 Å². The van der Waals surface area contributed by atoms with Gasteiger partial charge in [-0.25, -0.2) is 0 Å². The van der Waals surface area contributed by atoms with Crippen LogP contribution in [0, 0.1) is 0 Å². The predicted molar refractivity (Wildman–Crippen MR) is 53.0 cm³/mol. The number of halogens is 1. The lowest BCUT2D eigenvalue weighted by molar-refractivity contribution is -0.140. The highest BCUT2D eigenvalue weighted by Gasteiger charge is 1.93. The zero-order chi connectivity index (χ0) is 9.82. The number of esters is 1. The van der Waals surface area contributed by atoms with E-state index < -0.39 is 10.0 Å². The number of hydrogen-bond acceptors (Lipinski definition) is 4. The van der Waals surface area contributed by atoms with Gasteiger partial charge in [0.15, 0.2) is 0 Å². The Morgan fingerprint density at radius 3 is 1.92 bits per heavy atom. The molecule has 0 aromatic rings. The van der Waals surface area contributed by atoms with E-state index in [1.54, 1.807) is 14.2 Å². The van der Waals surface area contributed by atoms with Crippen molar-refractivity contribution in [2.75, 3.05) is 26.7 Å². The minimum Gasteiger partial charge on any atom is -0.469 e. The first-order valence-electron chi connectivity index (χ1n) is 3.33. The Kier molecular flexibility index (Phi) is 16.6. The van der Waals surface area contributed by atoms with Gasteiger partial charge in [0.25, 0.3) is 0 Å². The molecule has 0 saturated heterocycles. The van der Waals surface area contributed by atoms with Crippen molar-refractivity contribution in [3.63, 3.8) is 0 Å². The third kappa shape index (κ3) is 16.6. The maximum absolute atomic E-state index is 10.2. The summed E-state index contributed by atoms with van der Waals surface area (Å²) in [6, 6.07) is 0. The maximum atomic E-state index is 10.2. The Bertz CT molecular complexity index is 99.5. The van der Waals surface area contributed by atoms with Gasteiger partial charge < -0.3 is 13.6 Å². The summed E-state index contributed by atoms with van der Waals surface area (Å²) in [5.41, 5.74) is 0. The lowest BCUT2D eigenvalue weighted by Gasteiger charge is -1.90. The molecule has 12 heavy (non-hydrogen) atoms. The summed E-state index contributed by atoms with van der Waals surface area (Å²) in [5.74, 6) is -0.170. The first-order valence-corrected chi connectivity index (χ1v) is 5.61. The summed E-state index contributed by atoms with van der Waals surface area (Å²) in [7, 11) is 4.11. The van der Waals surface area contributed by atoms with Crippen LogP contribution in [-0.2, 0) is 18.4 Å². The SMILES string of the molecule is COC(=O)CCBr.CO[SiH2]OC. The molecule has 0 aliphatic carbocycles. The monoisotopic (exact) mass is 258 g/mol. The third-order valence-corrected chi connectivity index (χ3v) is 1.63. The van der Waals surface area contributed by atoms with Gasteiger partial charge in [0.1, 0.15) is 0 Å². The quantitative estimate of drug-likeness (QED) is 0.411. The van der Waals surface area contributed by atoms with Crippen molar-refractivity contribution in [2.24, 2.45) is 0 Å². The predicted octanol–water partition coefficient (Wildman–Crippen LogP) is 0.222. The van der Waals surface area contributed by atoms with E-state index in [9.17, 15) is 4.79 Å². The standard InChI is InChI=1S/C4H7BrO2.C2H8O2Si/c1-7-4(6)2-3-5;1-3-5-4-2/h2-3H2,1H3;5H2,1-2H3. The highest BCUT2D eigenvalue weighted by molar-refractivity contribution is 9.09. The van der Waals surface area contributed by atoms with Gasteiger partial charge in [-0.15, -0.1) is 0 Å². The molecule has 0 N–H and O–H groups in total. The van der Waals surface area contributed by atoms with Crippen LogP contribution in [0.25, 0.3) is 0 Å². The average Bonchev–Trinajstić information content (AvgIpc) is 2.07. The Balaban J connectivity index is 0. The number of ether oxygens (including phenoxy) is 1. The van der Waals surface area contributed by atoms with Crippen molar-refractivity contribution in [1.29, 1.82) is 0 Å². The van der Waals surface area contributed by atoms with E-state index in [0.717, 1.165) is 0 Å². The molecule has 0 radical (unpaired) electrons. The van der Waals surface area contributed by atoms with Crippen LogP contribution in [0.2, 0.25) is 0 Å². The fraction of sp³-hybridized carbons (Fsp3) is 0.833. The fourth-order valence-corrected chi connectivity index (χ4v) is 0.857. The summed E-state index contributed by atoms with van der Waals surface area (Å²) in [6.45, 7) is 0. The van der Waals surface area contributed by atoms with E-state index in [2.05, 4.69) is 29.5 Å². The van der Waals surface area contributed by atoms with Gasteiger partial charge in [0.2, 0.25) is 0 Å². The molecule has 0 rings (SSSR count). The zero-order valence-corrected chi connectivity index (χ0v) is 10.6. The van der Waals surface area contributed by atoms with Crippen molar-refractivity contribution in [3.8, 4) is 0 Å². The highest BCUT2D eigenvalue weighted by Crippen LogP contribution is 1.88. The van der Waals surface area contributed by atoms with Crippen LogP contribution in [-0.4, -0.2) is 42.6 Å². The second-order valence-electron chi connectivity index (χ2n) is 1.71. The van der Waals surface area contributed by atoms with Gasteiger partial charge in [-0.3, -0.25) is 4.79 Å². The van der Waals surface area contributed by atoms with Crippen molar-refractivity contribution in [1.82, 2.24) is 0 Å². The molecule has 0 atom stereocenters. The molecule has 4 nitrogen and oxygen atoms in total. The largest absolute Gasteiger partial charge is 0.469 e. The molecular weight excluding hydrogens is 244 g/mol. The van der Waals surface area contributed by atoms with Crippen LogP contribution in [0.5, 0.6) is 0 Å². The molecule has 0 heterocycles. The number of methoxy groups -OCH3 is 1. The molecule has 0 saturated carbocycles. The Morgan fingerprint density at radius 2 is 1.83 bits per heavy atom. The Hall–Kier alpha value is 0.0869. The molecule has 0 fully saturated rings. The van der Waals surface area contributed by atoms with Crippen LogP contribution in [0.15, 0.2) is 0 Å². The van der Waals surface area contributed by atoms with Gasteiger partial charge in [-0.05, 0) is 0 Å². The van der Waals surface area contributed by atoms with Gasteiger partial charge in [-0.1, -0.05) is 15.9 Å². The second-order valence-corrected chi connectivity index (χ2v) is 3.89. The van der Waals surface area contributed by atoms with Crippen molar-refractivity contribution in [3.05, 3.63) is 0 Å². The zero-order valence-electron chi connectivity index (χ0n) is 7.63. The van der Waals surface area contributed by atoms with E-state index in [-0.39, 0.29) is 5.97 Å². The summed E-state index contributed by atoms with van der Waals surface area (Å²) < 4.78 is 13.5. The second kappa shape index (κ2) is 13.7. The normalized spacial score (nSPS) is 8.33. The number of alkyl halides is 1. The molecule has 0 unspecified atom stereocenters. The summed E-state index contributed by atoms with van der Waals surface area (Å²) >= 11 is 3.09. The molecule has 0 aromatic carbocycles. The molecule has 0 aliphatic rings. The fourth-order valence-electron chi connectivity index (χ4n) is 0.297. The van der Waals surface area contributed by atoms with E-state index in [1.165, 1.54) is 7.11 Å². The molecule has 0 bridgehead atoms. The van der Waals surface area contributed by atoms with E-state index in [0.29, 0.717) is 11.8 Å². The molecule has 0 spiro atoms. The molecule has 0 aliphatic heterocycles. The first kappa shape index (κ1) is 14.6. The number of hydrogen-bond donors (Lipinski definition) is 0. The topological polar surface area (TPSA) is 44.8 Å². The van der Waals surface area contributed by atoms with Gasteiger partial charge in [-0.2, -0.15) is 0 Å². The number of rotatable bonds is 4. The van der Waals surface area contributed by atoms with Crippen LogP contribution < -0.4 is 0 Å². The molecule has 0 aromatic heterocycles. The molecule has 6 heteroatoms. The van der Waals surface area contributed by atoms with E-state index in [4.69, 9.17) is 0 Å². The van der Waals surface area contributed by atoms with Crippen LogP contribution in [0.3, 0.4) is 0 Å². The molecule has 0 amide bonds. The summed E-state index contributed by atoms with van der Waals surface area (Å²) in [5, 5.41) is 0.680. The van der Waals surface area contributed by atoms with E-state index >= 15 is 0 Å². The van der Waals surface area contributed by atoms with Crippen LogP contribution >= 0.6 is 15.9 Å². The number of carbonyl (C=O) groups excluding carboxylic acids is 1. The molecular formula is C6H15BrO4Si.